The molecular weight excluding hydrogens is 144 g/mol. The lowest BCUT2D eigenvalue weighted by molar-refractivity contribution is 0.0467. The molecule has 0 saturated heterocycles. The van der Waals surface area contributed by atoms with Crippen molar-refractivity contribution in [1.29, 1.82) is 0 Å². The second-order valence-electron chi connectivity index (χ2n) is 3.37. The fourth-order valence-electron chi connectivity index (χ4n) is 1.78. The molecule has 3 atom stereocenters. The van der Waals surface area contributed by atoms with Gasteiger partial charge in [-0.1, -0.05) is 0 Å². The molecule has 11 heavy (non-hydrogen) atoms. The molecule has 66 valence electrons. The summed E-state index contributed by atoms with van der Waals surface area (Å²) in [6.07, 6.45) is 2.20. The molecule has 0 amide bonds. The van der Waals surface area contributed by atoms with Crippen LogP contribution in [-0.4, -0.2) is 34.6 Å². The summed E-state index contributed by atoms with van der Waals surface area (Å²) in [5, 5.41) is 26.7. The molecule has 1 aliphatic rings. The van der Waals surface area contributed by atoms with Crippen LogP contribution in [0.5, 0.6) is 0 Å². The summed E-state index contributed by atoms with van der Waals surface area (Å²) in [4.78, 5) is 0. The lowest BCUT2D eigenvalue weighted by Crippen LogP contribution is -2.22. The molecule has 3 heteroatoms. The average molecular weight is 160 g/mol. The van der Waals surface area contributed by atoms with Crippen LogP contribution in [0.4, 0.5) is 0 Å². The summed E-state index contributed by atoms with van der Waals surface area (Å²) >= 11 is 0. The van der Waals surface area contributed by atoms with E-state index in [1.165, 1.54) is 0 Å². The predicted molar refractivity (Wildman–Crippen MR) is 41.0 cm³/mol. The molecule has 1 fully saturated rings. The standard InChI is InChI=1S/C8H16O3/c9-4-6-1-2-7(3-6)8(11)5-10/h6-11H,1-5H2. The lowest BCUT2D eigenvalue weighted by Gasteiger charge is -2.14. The maximum absolute atomic E-state index is 9.24. The third-order valence-corrected chi connectivity index (χ3v) is 2.57. The molecule has 0 aliphatic heterocycles. The van der Waals surface area contributed by atoms with Crippen LogP contribution in [-0.2, 0) is 0 Å². The van der Waals surface area contributed by atoms with Gasteiger partial charge in [0.15, 0.2) is 0 Å². The van der Waals surface area contributed by atoms with E-state index in [1.807, 2.05) is 0 Å². The van der Waals surface area contributed by atoms with Crippen LogP contribution >= 0.6 is 0 Å². The number of hydrogen-bond acceptors (Lipinski definition) is 3. The van der Waals surface area contributed by atoms with Crippen molar-refractivity contribution in [1.82, 2.24) is 0 Å². The molecule has 0 bridgehead atoms. The molecule has 0 aromatic rings. The van der Waals surface area contributed by atoms with Crippen molar-refractivity contribution >= 4 is 0 Å². The third-order valence-electron chi connectivity index (χ3n) is 2.57. The van der Waals surface area contributed by atoms with E-state index in [-0.39, 0.29) is 19.1 Å². The first-order valence-electron chi connectivity index (χ1n) is 4.17. The SMILES string of the molecule is OCC1CCC(C(O)CO)C1. The Morgan fingerprint density at radius 3 is 2.45 bits per heavy atom. The fourth-order valence-corrected chi connectivity index (χ4v) is 1.78. The van der Waals surface area contributed by atoms with Crippen LogP contribution in [0, 0.1) is 11.8 Å². The zero-order valence-electron chi connectivity index (χ0n) is 6.61. The van der Waals surface area contributed by atoms with E-state index in [1.54, 1.807) is 0 Å². The zero-order chi connectivity index (χ0) is 8.27. The second kappa shape index (κ2) is 4.04. The Bertz CT molecular complexity index is 116. The Balaban J connectivity index is 2.29. The third kappa shape index (κ3) is 2.15. The molecule has 0 radical (unpaired) electrons. The molecule has 0 aromatic carbocycles. The molecule has 1 saturated carbocycles. The maximum Gasteiger partial charge on any atom is 0.0799 e. The number of aliphatic hydroxyl groups excluding tert-OH is 3. The first-order valence-corrected chi connectivity index (χ1v) is 4.17. The summed E-state index contributed by atoms with van der Waals surface area (Å²) in [6, 6.07) is 0. The summed E-state index contributed by atoms with van der Waals surface area (Å²) < 4.78 is 0. The van der Waals surface area contributed by atoms with E-state index in [9.17, 15) is 5.11 Å². The van der Waals surface area contributed by atoms with Gasteiger partial charge >= 0.3 is 0 Å². The molecule has 0 spiro atoms. The van der Waals surface area contributed by atoms with Crippen molar-refractivity contribution in [3.05, 3.63) is 0 Å². The van der Waals surface area contributed by atoms with Crippen LogP contribution < -0.4 is 0 Å². The van der Waals surface area contributed by atoms with Gasteiger partial charge in [0, 0.05) is 6.61 Å². The minimum absolute atomic E-state index is 0.150. The molecule has 1 aliphatic carbocycles. The van der Waals surface area contributed by atoms with E-state index < -0.39 is 6.10 Å². The van der Waals surface area contributed by atoms with Crippen molar-refractivity contribution in [2.24, 2.45) is 11.8 Å². The fraction of sp³-hybridized carbons (Fsp3) is 1.00. The van der Waals surface area contributed by atoms with Gasteiger partial charge in [-0.3, -0.25) is 0 Å². The Labute approximate surface area is 66.7 Å². The number of aliphatic hydroxyl groups is 3. The van der Waals surface area contributed by atoms with Crippen LogP contribution in [0.15, 0.2) is 0 Å². The van der Waals surface area contributed by atoms with Gasteiger partial charge in [-0.25, -0.2) is 0 Å². The topological polar surface area (TPSA) is 60.7 Å². The molecule has 1 rings (SSSR count). The molecule has 0 heterocycles. The van der Waals surface area contributed by atoms with E-state index in [0.29, 0.717) is 5.92 Å². The number of hydrogen-bond donors (Lipinski definition) is 3. The summed E-state index contributed by atoms with van der Waals surface area (Å²) in [5.41, 5.74) is 0. The quantitative estimate of drug-likeness (QED) is 0.533. The highest BCUT2D eigenvalue weighted by Gasteiger charge is 2.28. The minimum Gasteiger partial charge on any atom is -0.396 e. The molecule has 3 N–H and O–H groups in total. The van der Waals surface area contributed by atoms with Crippen LogP contribution in [0.3, 0.4) is 0 Å². The van der Waals surface area contributed by atoms with Crippen molar-refractivity contribution in [3.63, 3.8) is 0 Å². The largest absolute Gasteiger partial charge is 0.396 e. The first kappa shape index (κ1) is 8.97. The van der Waals surface area contributed by atoms with Gasteiger partial charge in [-0.05, 0) is 31.1 Å². The Morgan fingerprint density at radius 2 is 2.00 bits per heavy atom. The Kier molecular flexibility index (Phi) is 3.30. The van der Waals surface area contributed by atoms with E-state index in [2.05, 4.69) is 0 Å². The van der Waals surface area contributed by atoms with Crippen LogP contribution in [0.25, 0.3) is 0 Å². The van der Waals surface area contributed by atoms with Gasteiger partial charge in [0.2, 0.25) is 0 Å². The molecule has 0 aromatic heterocycles. The van der Waals surface area contributed by atoms with Crippen LogP contribution in [0.1, 0.15) is 19.3 Å². The van der Waals surface area contributed by atoms with Crippen LogP contribution in [0.2, 0.25) is 0 Å². The van der Waals surface area contributed by atoms with Gasteiger partial charge in [0.25, 0.3) is 0 Å². The number of rotatable bonds is 3. The van der Waals surface area contributed by atoms with Crippen molar-refractivity contribution < 1.29 is 15.3 Å². The predicted octanol–water partition coefficient (Wildman–Crippen LogP) is -0.252. The summed E-state index contributed by atoms with van der Waals surface area (Å²) in [5.74, 6) is 0.554. The maximum atomic E-state index is 9.24. The molecule has 3 nitrogen and oxygen atoms in total. The van der Waals surface area contributed by atoms with Gasteiger partial charge in [0.05, 0.1) is 12.7 Å². The highest BCUT2D eigenvalue weighted by Crippen LogP contribution is 2.32. The van der Waals surface area contributed by atoms with Gasteiger partial charge in [-0.2, -0.15) is 0 Å². The van der Waals surface area contributed by atoms with Gasteiger partial charge in [0.1, 0.15) is 0 Å². The molecular formula is C8H16O3. The molecule has 3 unspecified atom stereocenters. The smallest absolute Gasteiger partial charge is 0.0799 e. The summed E-state index contributed by atoms with van der Waals surface area (Å²) in [7, 11) is 0. The first-order chi connectivity index (χ1) is 5.27. The van der Waals surface area contributed by atoms with Gasteiger partial charge in [-0.15, -0.1) is 0 Å². The highest BCUT2D eigenvalue weighted by atomic mass is 16.3. The monoisotopic (exact) mass is 160 g/mol. The normalized spacial score (nSPS) is 34.1. The van der Waals surface area contributed by atoms with E-state index in [0.717, 1.165) is 19.3 Å². The average Bonchev–Trinajstić information content (AvgIpc) is 2.50. The van der Waals surface area contributed by atoms with Crippen molar-refractivity contribution in [2.45, 2.75) is 25.4 Å². The van der Waals surface area contributed by atoms with Crippen molar-refractivity contribution in [3.8, 4) is 0 Å². The highest BCUT2D eigenvalue weighted by molar-refractivity contribution is 4.79. The van der Waals surface area contributed by atoms with E-state index >= 15 is 0 Å². The zero-order valence-corrected chi connectivity index (χ0v) is 6.61. The minimum atomic E-state index is -0.577. The summed E-state index contributed by atoms with van der Waals surface area (Å²) in [6.45, 7) is 0.0669. The second-order valence-corrected chi connectivity index (χ2v) is 3.37. The Hall–Kier alpha value is -0.120. The van der Waals surface area contributed by atoms with E-state index in [4.69, 9.17) is 10.2 Å². The lowest BCUT2D eigenvalue weighted by atomic mass is 10.00. The van der Waals surface area contributed by atoms with Crippen molar-refractivity contribution in [2.75, 3.05) is 13.2 Å². The van der Waals surface area contributed by atoms with Gasteiger partial charge < -0.3 is 15.3 Å². The Morgan fingerprint density at radius 1 is 1.27 bits per heavy atom.